The number of aromatic nitrogens is 1. The molecule has 4 nitrogen and oxygen atoms in total. The molecule has 0 bridgehead atoms. The number of aryl methyl sites for hydroxylation is 1. The van der Waals surface area contributed by atoms with Gasteiger partial charge in [-0.1, -0.05) is 61.5 Å². The van der Waals surface area contributed by atoms with Crippen LogP contribution in [0.4, 0.5) is 0 Å². The topological polar surface area (TPSA) is 55.1 Å². The van der Waals surface area contributed by atoms with Gasteiger partial charge in [0.25, 0.3) is 5.91 Å². The Balaban J connectivity index is 1.91. The van der Waals surface area contributed by atoms with Gasteiger partial charge in [0.2, 0.25) is 0 Å². The lowest BCUT2D eigenvalue weighted by Gasteiger charge is -2.17. The molecule has 0 unspecified atom stereocenters. The highest BCUT2D eigenvalue weighted by Gasteiger charge is 2.24. The molecule has 0 aliphatic heterocycles. The SMILES string of the molecule is Cc1noc(C(C)C)c1C(=O)N[C@@H](C)c1cccc2ccccc12. The van der Waals surface area contributed by atoms with Gasteiger partial charge in [0, 0.05) is 5.92 Å². The predicted octanol–water partition coefficient (Wildman–Crippen LogP) is 4.75. The van der Waals surface area contributed by atoms with Gasteiger partial charge < -0.3 is 9.84 Å². The number of benzene rings is 2. The van der Waals surface area contributed by atoms with Crippen LogP contribution in [0.15, 0.2) is 47.0 Å². The molecule has 124 valence electrons. The molecule has 4 heteroatoms. The van der Waals surface area contributed by atoms with Crippen LogP contribution in [0.25, 0.3) is 10.8 Å². The van der Waals surface area contributed by atoms with Crippen LogP contribution in [-0.2, 0) is 0 Å². The van der Waals surface area contributed by atoms with Gasteiger partial charge in [-0.15, -0.1) is 0 Å². The third-order valence-electron chi connectivity index (χ3n) is 4.28. The van der Waals surface area contributed by atoms with E-state index in [0.29, 0.717) is 17.0 Å². The van der Waals surface area contributed by atoms with Gasteiger partial charge in [0.1, 0.15) is 5.56 Å². The van der Waals surface area contributed by atoms with Crippen LogP contribution in [-0.4, -0.2) is 11.1 Å². The number of hydrogen-bond acceptors (Lipinski definition) is 3. The van der Waals surface area contributed by atoms with Crippen molar-refractivity contribution >= 4 is 16.7 Å². The van der Waals surface area contributed by atoms with Gasteiger partial charge in [0.15, 0.2) is 5.76 Å². The fraction of sp³-hybridized carbons (Fsp3) is 0.300. The second kappa shape index (κ2) is 6.48. The van der Waals surface area contributed by atoms with Gasteiger partial charge in [-0.2, -0.15) is 0 Å². The monoisotopic (exact) mass is 322 g/mol. The van der Waals surface area contributed by atoms with Crippen LogP contribution in [0.5, 0.6) is 0 Å². The summed E-state index contributed by atoms with van der Waals surface area (Å²) >= 11 is 0. The number of amides is 1. The Morgan fingerprint density at radius 2 is 1.79 bits per heavy atom. The standard InChI is InChI=1S/C20H22N2O2/c1-12(2)19-18(14(4)22-24-19)20(23)21-13(3)16-11-7-9-15-8-5-6-10-17(15)16/h5-13H,1-4H3,(H,21,23)/t13-/m0/s1. The van der Waals surface area contributed by atoms with E-state index in [2.05, 4.69) is 34.7 Å². The van der Waals surface area contributed by atoms with Crippen LogP contribution in [0.3, 0.4) is 0 Å². The first-order chi connectivity index (χ1) is 11.5. The minimum Gasteiger partial charge on any atom is -0.360 e. The maximum Gasteiger partial charge on any atom is 0.257 e. The summed E-state index contributed by atoms with van der Waals surface area (Å²) in [6.07, 6.45) is 0. The third kappa shape index (κ3) is 2.92. The highest BCUT2D eigenvalue weighted by atomic mass is 16.5. The lowest BCUT2D eigenvalue weighted by atomic mass is 9.99. The first kappa shape index (κ1) is 16.2. The molecular formula is C20H22N2O2. The van der Waals surface area contributed by atoms with Crippen molar-refractivity contribution in [2.24, 2.45) is 0 Å². The number of nitrogens with one attached hydrogen (secondary N) is 1. The Hall–Kier alpha value is -2.62. The zero-order chi connectivity index (χ0) is 17.3. The molecule has 3 aromatic rings. The minimum absolute atomic E-state index is 0.111. The van der Waals surface area contributed by atoms with E-state index < -0.39 is 0 Å². The molecule has 0 spiro atoms. The Morgan fingerprint density at radius 3 is 2.54 bits per heavy atom. The normalized spacial score (nSPS) is 12.5. The van der Waals surface area contributed by atoms with Crippen LogP contribution in [0.1, 0.15) is 60.1 Å². The van der Waals surface area contributed by atoms with Gasteiger partial charge >= 0.3 is 0 Å². The van der Waals surface area contributed by atoms with Crippen molar-refractivity contribution in [3.8, 4) is 0 Å². The average Bonchev–Trinajstić information content (AvgIpc) is 2.96. The molecule has 2 aromatic carbocycles. The van der Waals surface area contributed by atoms with Crippen molar-refractivity contribution in [2.75, 3.05) is 0 Å². The summed E-state index contributed by atoms with van der Waals surface area (Å²) in [6, 6.07) is 14.2. The van der Waals surface area contributed by atoms with E-state index in [0.717, 1.165) is 10.9 Å². The summed E-state index contributed by atoms with van der Waals surface area (Å²) in [7, 11) is 0. The lowest BCUT2D eigenvalue weighted by Crippen LogP contribution is -2.28. The summed E-state index contributed by atoms with van der Waals surface area (Å²) in [5.41, 5.74) is 2.28. The number of hydrogen-bond donors (Lipinski definition) is 1. The minimum atomic E-state index is -0.141. The fourth-order valence-corrected chi connectivity index (χ4v) is 3.03. The number of rotatable bonds is 4. The Kier molecular flexibility index (Phi) is 4.38. The molecule has 1 atom stereocenters. The summed E-state index contributed by atoms with van der Waals surface area (Å²) in [5.74, 6) is 0.604. The van der Waals surface area contributed by atoms with Crippen LogP contribution in [0, 0.1) is 6.92 Å². The highest BCUT2D eigenvalue weighted by molar-refractivity contribution is 5.97. The molecule has 0 saturated heterocycles. The van der Waals surface area contributed by atoms with Crippen molar-refractivity contribution in [3.05, 3.63) is 65.0 Å². The highest BCUT2D eigenvalue weighted by Crippen LogP contribution is 2.26. The first-order valence-corrected chi connectivity index (χ1v) is 8.23. The molecular weight excluding hydrogens is 300 g/mol. The largest absolute Gasteiger partial charge is 0.360 e. The van der Waals surface area contributed by atoms with E-state index in [4.69, 9.17) is 4.52 Å². The molecule has 0 fully saturated rings. The molecule has 3 rings (SSSR count). The van der Waals surface area contributed by atoms with Crippen LogP contribution < -0.4 is 5.32 Å². The average molecular weight is 322 g/mol. The Morgan fingerprint density at radius 1 is 1.08 bits per heavy atom. The Labute approximate surface area is 141 Å². The summed E-state index contributed by atoms with van der Waals surface area (Å²) in [5, 5.41) is 9.36. The van der Waals surface area contributed by atoms with Crippen molar-refractivity contribution in [2.45, 2.75) is 39.7 Å². The molecule has 1 N–H and O–H groups in total. The molecule has 1 amide bonds. The van der Waals surface area contributed by atoms with E-state index in [1.165, 1.54) is 5.39 Å². The lowest BCUT2D eigenvalue weighted by molar-refractivity contribution is 0.0937. The second-order valence-electron chi connectivity index (χ2n) is 6.43. The molecule has 0 saturated carbocycles. The predicted molar refractivity (Wildman–Crippen MR) is 95.2 cm³/mol. The van der Waals surface area contributed by atoms with Gasteiger partial charge in [-0.25, -0.2) is 0 Å². The van der Waals surface area contributed by atoms with Gasteiger partial charge in [-0.3, -0.25) is 4.79 Å². The molecule has 0 aliphatic rings. The first-order valence-electron chi connectivity index (χ1n) is 8.23. The summed E-state index contributed by atoms with van der Waals surface area (Å²) in [4.78, 5) is 12.8. The molecule has 1 heterocycles. The third-order valence-corrected chi connectivity index (χ3v) is 4.28. The van der Waals surface area contributed by atoms with Crippen molar-refractivity contribution in [1.82, 2.24) is 10.5 Å². The van der Waals surface area contributed by atoms with E-state index in [9.17, 15) is 4.79 Å². The fourth-order valence-electron chi connectivity index (χ4n) is 3.03. The van der Waals surface area contributed by atoms with E-state index in [-0.39, 0.29) is 17.9 Å². The zero-order valence-electron chi connectivity index (χ0n) is 14.5. The van der Waals surface area contributed by atoms with Crippen molar-refractivity contribution < 1.29 is 9.32 Å². The maximum atomic E-state index is 12.8. The van der Waals surface area contributed by atoms with Crippen molar-refractivity contribution in [3.63, 3.8) is 0 Å². The van der Waals surface area contributed by atoms with Gasteiger partial charge in [0.05, 0.1) is 11.7 Å². The molecule has 24 heavy (non-hydrogen) atoms. The number of fused-ring (bicyclic) bond motifs is 1. The zero-order valence-corrected chi connectivity index (χ0v) is 14.5. The second-order valence-corrected chi connectivity index (χ2v) is 6.43. The summed E-state index contributed by atoms with van der Waals surface area (Å²) in [6.45, 7) is 7.78. The summed E-state index contributed by atoms with van der Waals surface area (Å²) < 4.78 is 5.32. The quantitative estimate of drug-likeness (QED) is 0.754. The van der Waals surface area contributed by atoms with E-state index >= 15 is 0 Å². The van der Waals surface area contributed by atoms with Crippen LogP contribution >= 0.6 is 0 Å². The molecule has 0 aliphatic carbocycles. The smallest absolute Gasteiger partial charge is 0.257 e. The van der Waals surface area contributed by atoms with Crippen molar-refractivity contribution in [1.29, 1.82) is 0 Å². The Bertz CT molecular complexity index is 875. The van der Waals surface area contributed by atoms with E-state index in [1.807, 2.05) is 39.0 Å². The number of carbonyl (C=O) groups is 1. The van der Waals surface area contributed by atoms with E-state index in [1.54, 1.807) is 6.92 Å². The number of carbonyl (C=O) groups excluding carboxylic acids is 1. The van der Waals surface area contributed by atoms with Crippen LogP contribution in [0.2, 0.25) is 0 Å². The maximum absolute atomic E-state index is 12.8. The molecule has 1 aromatic heterocycles. The number of nitrogens with zero attached hydrogens (tertiary/aromatic N) is 1. The molecule has 0 radical (unpaired) electrons. The van der Waals surface area contributed by atoms with Gasteiger partial charge in [-0.05, 0) is 30.2 Å².